The number of halogens is 1. The van der Waals surface area contributed by atoms with E-state index in [-0.39, 0.29) is 0 Å². The van der Waals surface area contributed by atoms with E-state index in [2.05, 4.69) is 28.7 Å². The second-order valence-electron chi connectivity index (χ2n) is 5.93. The molecule has 20 heavy (non-hydrogen) atoms. The summed E-state index contributed by atoms with van der Waals surface area (Å²) in [7, 11) is 0. The highest BCUT2D eigenvalue weighted by molar-refractivity contribution is 14.1. The Kier molecular flexibility index (Phi) is 5.45. The smallest absolute Gasteiger partial charge is 0.142 e. The summed E-state index contributed by atoms with van der Waals surface area (Å²) in [5, 5.41) is 20.8. The summed E-state index contributed by atoms with van der Waals surface area (Å²) in [5.41, 5.74) is 7.16. The maximum absolute atomic E-state index is 10.4. The van der Waals surface area contributed by atoms with Crippen molar-refractivity contribution >= 4 is 22.6 Å². The average Bonchev–Trinajstić information content (AvgIpc) is 2.84. The third kappa shape index (κ3) is 4.16. The summed E-state index contributed by atoms with van der Waals surface area (Å²) >= 11 is 2.05. The van der Waals surface area contributed by atoms with Crippen molar-refractivity contribution in [1.29, 1.82) is 0 Å². The first kappa shape index (κ1) is 16.2. The van der Waals surface area contributed by atoms with Gasteiger partial charge in [0.1, 0.15) is 3.61 Å². The lowest BCUT2D eigenvalue weighted by molar-refractivity contribution is 0.0391. The predicted octanol–water partition coefficient (Wildman–Crippen LogP) is 2.85. The molecule has 4 N–H and O–H groups in total. The first-order chi connectivity index (χ1) is 9.45. The van der Waals surface area contributed by atoms with E-state index in [1.807, 2.05) is 18.2 Å². The Hall–Kier alpha value is -0.170. The lowest BCUT2D eigenvalue weighted by atomic mass is 9.92. The molecular weight excluding hydrogens is 365 g/mol. The van der Waals surface area contributed by atoms with Crippen molar-refractivity contribution < 1.29 is 10.2 Å². The van der Waals surface area contributed by atoms with Gasteiger partial charge < -0.3 is 15.9 Å². The van der Waals surface area contributed by atoms with Crippen LogP contribution >= 0.6 is 22.6 Å². The Bertz CT molecular complexity index is 442. The van der Waals surface area contributed by atoms with Crippen LogP contribution in [0.4, 0.5) is 0 Å². The van der Waals surface area contributed by atoms with E-state index in [9.17, 15) is 10.2 Å². The lowest BCUT2D eigenvalue weighted by Gasteiger charge is -2.23. The summed E-state index contributed by atoms with van der Waals surface area (Å²) in [4.78, 5) is 0. The number of benzene rings is 1. The number of aliphatic hydroxyl groups is 2. The van der Waals surface area contributed by atoms with Crippen molar-refractivity contribution in [1.82, 2.24) is 0 Å². The number of aryl methyl sites for hydroxylation is 1. The fraction of sp³-hybridized carbons (Fsp3) is 0.625. The largest absolute Gasteiger partial charge is 0.390 e. The Morgan fingerprint density at radius 3 is 2.65 bits per heavy atom. The van der Waals surface area contributed by atoms with Crippen molar-refractivity contribution in [3.8, 4) is 0 Å². The minimum atomic E-state index is -0.896. The van der Waals surface area contributed by atoms with Gasteiger partial charge in [0.25, 0.3) is 0 Å². The molecule has 0 aliphatic heterocycles. The molecule has 1 aliphatic carbocycles. The van der Waals surface area contributed by atoms with Crippen LogP contribution in [0, 0.1) is 0 Å². The highest BCUT2D eigenvalue weighted by atomic mass is 127. The third-order valence-electron chi connectivity index (χ3n) is 4.26. The molecule has 0 spiro atoms. The molecule has 1 aliphatic rings. The molecule has 1 aromatic carbocycles. The van der Waals surface area contributed by atoms with Crippen LogP contribution in [-0.4, -0.2) is 22.4 Å². The van der Waals surface area contributed by atoms with Crippen molar-refractivity contribution in [2.24, 2.45) is 5.73 Å². The van der Waals surface area contributed by atoms with Gasteiger partial charge in [0.15, 0.2) is 0 Å². The molecule has 0 radical (unpaired) electrons. The Balaban J connectivity index is 2.02. The van der Waals surface area contributed by atoms with E-state index in [0.717, 1.165) is 44.1 Å². The Labute approximate surface area is 134 Å². The highest BCUT2D eigenvalue weighted by Crippen LogP contribution is 2.35. The first-order valence-corrected chi connectivity index (χ1v) is 8.46. The summed E-state index contributed by atoms with van der Waals surface area (Å²) in [5.74, 6) is 0. The summed E-state index contributed by atoms with van der Waals surface area (Å²) < 4.78 is -0.896. The van der Waals surface area contributed by atoms with Crippen LogP contribution in [0.5, 0.6) is 0 Å². The standard InChI is InChI=1S/C16H24INO2/c17-16(20,10-11-18)14-5-3-4-13(12-14)6-9-15(19)7-1-2-8-15/h3-5,12,19-20H,1-2,6-11,18H2. The van der Waals surface area contributed by atoms with Gasteiger partial charge in [-0.1, -0.05) is 37.1 Å². The fourth-order valence-electron chi connectivity index (χ4n) is 2.96. The molecule has 1 fully saturated rings. The van der Waals surface area contributed by atoms with Gasteiger partial charge in [0, 0.05) is 6.42 Å². The van der Waals surface area contributed by atoms with Gasteiger partial charge in [-0.05, 0) is 65.9 Å². The van der Waals surface area contributed by atoms with Gasteiger partial charge in [-0.15, -0.1) is 0 Å². The van der Waals surface area contributed by atoms with E-state index < -0.39 is 9.21 Å². The van der Waals surface area contributed by atoms with Crippen molar-refractivity contribution in [2.45, 2.75) is 54.2 Å². The molecule has 112 valence electrons. The van der Waals surface area contributed by atoms with Gasteiger partial charge in [-0.2, -0.15) is 0 Å². The highest BCUT2D eigenvalue weighted by Gasteiger charge is 2.30. The summed E-state index contributed by atoms with van der Waals surface area (Å²) in [6, 6.07) is 8.02. The Morgan fingerprint density at radius 2 is 2.00 bits per heavy atom. The van der Waals surface area contributed by atoms with E-state index in [4.69, 9.17) is 5.73 Å². The minimum Gasteiger partial charge on any atom is -0.390 e. The molecule has 2 rings (SSSR count). The van der Waals surface area contributed by atoms with E-state index >= 15 is 0 Å². The SMILES string of the molecule is NCCC(O)(I)c1cccc(CCC2(O)CCCC2)c1. The topological polar surface area (TPSA) is 66.5 Å². The van der Waals surface area contributed by atoms with Crippen LogP contribution in [0.15, 0.2) is 24.3 Å². The van der Waals surface area contributed by atoms with Crippen LogP contribution in [0.2, 0.25) is 0 Å². The Morgan fingerprint density at radius 1 is 1.30 bits per heavy atom. The van der Waals surface area contributed by atoms with E-state index in [1.165, 1.54) is 5.56 Å². The summed E-state index contributed by atoms with van der Waals surface area (Å²) in [6.45, 7) is 0.462. The van der Waals surface area contributed by atoms with Crippen LogP contribution in [-0.2, 0) is 10.0 Å². The lowest BCUT2D eigenvalue weighted by Crippen LogP contribution is -2.25. The zero-order valence-electron chi connectivity index (χ0n) is 11.8. The number of alkyl halides is 1. The van der Waals surface area contributed by atoms with E-state index in [1.54, 1.807) is 0 Å². The molecule has 0 bridgehead atoms. The zero-order valence-corrected chi connectivity index (χ0v) is 14.0. The molecule has 1 aromatic rings. The molecule has 1 atom stereocenters. The second kappa shape index (κ2) is 6.73. The second-order valence-corrected chi connectivity index (χ2v) is 7.71. The van der Waals surface area contributed by atoms with Gasteiger partial charge in [-0.3, -0.25) is 0 Å². The molecule has 0 saturated heterocycles. The van der Waals surface area contributed by atoms with Crippen molar-refractivity contribution in [3.05, 3.63) is 35.4 Å². The molecule has 3 nitrogen and oxygen atoms in total. The fourth-order valence-corrected chi connectivity index (χ4v) is 3.61. The van der Waals surface area contributed by atoms with Crippen LogP contribution in [0.3, 0.4) is 0 Å². The number of hydrogen-bond acceptors (Lipinski definition) is 3. The maximum Gasteiger partial charge on any atom is 0.142 e. The molecule has 0 amide bonds. The van der Waals surface area contributed by atoms with Gasteiger partial charge in [0.2, 0.25) is 0 Å². The summed E-state index contributed by atoms with van der Waals surface area (Å²) in [6.07, 6.45) is 6.35. The molecule has 1 saturated carbocycles. The average molecular weight is 389 g/mol. The molecule has 1 unspecified atom stereocenters. The maximum atomic E-state index is 10.4. The van der Waals surface area contributed by atoms with Gasteiger partial charge in [0.05, 0.1) is 5.60 Å². The minimum absolute atomic E-state index is 0.462. The zero-order chi connectivity index (χ0) is 14.6. The quantitative estimate of drug-likeness (QED) is 0.518. The third-order valence-corrected chi connectivity index (χ3v) is 5.42. The predicted molar refractivity (Wildman–Crippen MR) is 89.8 cm³/mol. The first-order valence-electron chi connectivity index (χ1n) is 7.38. The van der Waals surface area contributed by atoms with Crippen LogP contribution in [0.1, 0.15) is 49.7 Å². The van der Waals surface area contributed by atoms with Crippen molar-refractivity contribution in [2.75, 3.05) is 6.54 Å². The number of rotatable bonds is 6. The molecule has 0 heterocycles. The number of hydrogen-bond donors (Lipinski definition) is 3. The number of nitrogens with two attached hydrogens (primary N) is 1. The van der Waals surface area contributed by atoms with Crippen LogP contribution < -0.4 is 5.73 Å². The monoisotopic (exact) mass is 389 g/mol. The molecule has 4 heteroatoms. The van der Waals surface area contributed by atoms with E-state index in [0.29, 0.717) is 13.0 Å². The normalized spacial score (nSPS) is 20.8. The molecule has 0 aromatic heterocycles. The van der Waals surface area contributed by atoms with Crippen molar-refractivity contribution in [3.63, 3.8) is 0 Å². The van der Waals surface area contributed by atoms with Gasteiger partial charge >= 0.3 is 0 Å². The van der Waals surface area contributed by atoms with Crippen LogP contribution in [0.25, 0.3) is 0 Å². The van der Waals surface area contributed by atoms with Gasteiger partial charge in [-0.25, -0.2) is 0 Å². The molecular formula is C16H24INO2.